The van der Waals surface area contributed by atoms with E-state index in [4.69, 9.17) is 40.2 Å². The molecule has 0 aliphatic heterocycles. The number of hydrogen-bond acceptors (Lipinski definition) is 3. The van der Waals surface area contributed by atoms with Crippen LogP contribution in [0.3, 0.4) is 0 Å². The van der Waals surface area contributed by atoms with Crippen molar-refractivity contribution in [2.75, 3.05) is 6.61 Å². The lowest BCUT2D eigenvalue weighted by Crippen LogP contribution is -1.95. The summed E-state index contributed by atoms with van der Waals surface area (Å²) in [6, 6.07) is 11.3. The molecule has 0 aliphatic carbocycles. The molecule has 2 rings (SSSR count). The van der Waals surface area contributed by atoms with Gasteiger partial charge < -0.3 is 9.84 Å². The maximum atomic E-state index is 9.21. The first kappa shape index (κ1) is 19.8. The van der Waals surface area contributed by atoms with Crippen molar-refractivity contribution >= 4 is 40.3 Å². The van der Waals surface area contributed by atoms with E-state index in [1.165, 1.54) is 5.56 Å². The molecular formula is C18H20Cl2O2S. The second kappa shape index (κ2) is 9.76. The standard InChI is InChI=1S/C10H14O.C8H6Cl2OS/c1-3-8-11-10-7-5-4-6-9(10)2;1-4(12)5-2-6(9)8(11)7(10)3-5/h4-7H,3,8H2,1-2H3;2-3,11H,1H3. The normalized spacial score (nSPS) is 9.78. The van der Waals surface area contributed by atoms with E-state index < -0.39 is 0 Å². The van der Waals surface area contributed by atoms with Gasteiger partial charge in [0.25, 0.3) is 0 Å². The number of aryl methyl sites for hydroxylation is 1. The minimum atomic E-state index is -0.0988. The number of phenols is 1. The van der Waals surface area contributed by atoms with Crippen molar-refractivity contribution in [1.29, 1.82) is 0 Å². The second-order valence-electron chi connectivity index (χ2n) is 4.96. The van der Waals surface area contributed by atoms with Crippen LogP contribution in [0.5, 0.6) is 11.5 Å². The lowest BCUT2D eigenvalue weighted by atomic mass is 10.1. The fourth-order valence-electron chi connectivity index (χ4n) is 1.70. The zero-order valence-corrected chi connectivity index (χ0v) is 15.7. The van der Waals surface area contributed by atoms with Gasteiger partial charge in [-0.25, -0.2) is 0 Å². The number of hydrogen-bond donors (Lipinski definition) is 1. The molecule has 0 radical (unpaired) electrons. The van der Waals surface area contributed by atoms with Crippen molar-refractivity contribution in [3.05, 3.63) is 57.6 Å². The van der Waals surface area contributed by atoms with E-state index in [-0.39, 0.29) is 15.8 Å². The van der Waals surface area contributed by atoms with Crippen LogP contribution in [-0.2, 0) is 0 Å². The van der Waals surface area contributed by atoms with E-state index in [0.717, 1.165) is 24.3 Å². The molecule has 0 spiro atoms. The predicted molar refractivity (Wildman–Crippen MR) is 102 cm³/mol. The number of para-hydroxylation sites is 1. The average Bonchev–Trinajstić information content (AvgIpc) is 2.52. The van der Waals surface area contributed by atoms with Crippen LogP contribution in [0.2, 0.25) is 10.0 Å². The molecule has 0 saturated heterocycles. The summed E-state index contributed by atoms with van der Waals surface area (Å²) in [7, 11) is 0. The Labute approximate surface area is 153 Å². The van der Waals surface area contributed by atoms with Gasteiger partial charge in [-0.1, -0.05) is 60.5 Å². The van der Waals surface area contributed by atoms with Gasteiger partial charge in [0.1, 0.15) is 5.75 Å². The first-order chi connectivity index (χ1) is 10.9. The zero-order valence-electron chi connectivity index (χ0n) is 13.4. The monoisotopic (exact) mass is 370 g/mol. The molecule has 0 atom stereocenters. The molecule has 0 unspecified atom stereocenters. The van der Waals surface area contributed by atoms with Gasteiger partial charge in [0, 0.05) is 4.86 Å². The van der Waals surface area contributed by atoms with Crippen LogP contribution in [0.1, 0.15) is 31.4 Å². The van der Waals surface area contributed by atoms with Crippen molar-refractivity contribution < 1.29 is 9.84 Å². The van der Waals surface area contributed by atoms with Crippen molar-refractivity contribution in [3.63, 3.8) is 0 Å². The Morgan fingerprint density at radius 2 is 1.74 bits per heavy atom. The highest BCUT2D eigenvalue weighted by atomic mass is 35.5. The molecule has 0 fully saturated rings. The molecule has 0 aliphatic rings. The Morgan fingerprint density at radius 3 is 2.22 bits per heavy atom. The molecule has 0 aromatic heterocycles. The van der Waals surface area contributed by atoms with Gasteiger partial charge in [0.05, 0.1) is 16.7 Å². The summed E-state index contributed by atoms with van der Waals surface area (Å²) < 4.78 is 5.49. The topological polar surface area (TPSA) is 29.5 Å². The maximum Gasteiger partial charge on any atom is 0.152 e. The van der Waals surface area contributed by atoms with E-state index in [1.807, 2.05) is 18.2 Å². The van der Waals surface area contributed by atoms with Crippen molar-refractivity contribution in [2.45, 2.75) is 27.2 Å². The van der Waals surface area contributed by atoms with Crippen LogP contribution < -0.4 is 4.74 Å². The van der Waals surface area contributed by atoms with E-state index in [9.17, 15) is 5.11 Å². The van der Waals surface area contributed by atoms with Gasteiger partial charge in [-0.3, -0.25) is 0 Å². The second-order valence-corrected chi connectivity index (χ2v) is 6.39. The lowest BCUT2D eigenvalue weighted by Gasteiger charge is -2.06. The summed E-state index contributed by atoms with van der Waals surface area (Å²) in [5.74, 6) is 0.910. The maximum absolute atomic E-state index is 9.21. The van der Waals surface area contributed by atoms with E-state index in [2.05, 4.69) is 19.9 Å². The average molecular weight is 371 g/mol. The van der Waals surface area contributed by atoms with Crippen LogP contribution in [0.15, 0.2) is 36.4 Å². The number of ether oxygens (including phenoxy) is 1. The van der Waals surface area contributed by atoms with Crippen LogP contribution in [0, 0.1) is 6.92 Å². The molecule has 2 aromatic rings. The number of aromatic hydroxyl groups is 1. The van der Waals surface area contributed by atoms with Crippen LogP contribution >= 0.6 is 35.4 Å². The minimum Gasteiger partial charge on any atom is -0.505 e. The lowest BCUT2D eigenvalue weighted by molar-refractivity contribution is 0.315. The Kier molecular flexibility index (Phi) is 8.38. The number of halogens is 2. The van der Waals surface area contributed by atoms with Gasteiger partial charge >= 0.3 is 0 Å². The largest absolute Gasteiger partial charge is 0.505 e. The van der Waals surface area contributed by atoms with Crippen molar-refractivity contribution in [3.8, 4) is 11.5 Å². The Bertz CT molecular complexity index is 649. The van der Waals surface area contributed by atoms with Crippen LogP contribution in [0.25, 0.3) is 0 Å². The van der Waals surface area contributed by atoms with Gasteiger partial charge in [0.15, 0.2) is 5.75 Å². The summed E-state index contributed by atoms with van der Waals surface area (Å²) in [5.41, 5.74) is 1.97. The molecule has 124 valence electrons. The fraction of sp³-hybridized carbons (Fsp3) is 0.278. The van der Waals surface area contributed by atoms with Crippen LogP contribution in [-0.4, -0.2) is 16.6 Å². The van der Waals surface area contributed by atoms with E-state index in [1.54, 1.807) is 19.1 Å². The summed E-state index contributed by atoms with van der Waals surface area (Å²) in [5, 5.41) is 9.65. The molecule has 0 bridgehead atoms. The molecule has 1 N–H and O–H groups in total. The number of phenolic OH excluding ortho intramolecular Hbond substituents is 1. The number of rotatable bonds is 4. The molecule has 5 heteroatoms. The van der Waals surface area contributed by atoms with Crippen LogP contribution in [0.4, 0.5) is 0 Å². The third kappa shape index (κ3) is 6.38. The molecular weight excluding hydrogens is 351 g/mol. The first-order valence-corrected chi connectivity index (χ1v) is 8.40. The summed E-state index contributed by atoms with van der Waals surface area (Å²) in [4.78, 5) is 0.693. The Hall–Kier alpha value is -1.29. The van der Waals surface area contributed by atoms with Gasteiger partial charge in [0.2, 0.25) is 0 Å². The zero-order chi connectivity index (χ0) is 17.4. The quantitative estimate of drug-likeness (QED) is 0.511. The first-order valence-electron chi connectivity index (χ1n) is 7.24. The molecule has 0 saturated carbocycles. The van der Waals surface area contributed by atoms with Gasteiger partial charge in [-0.2, -0.15) is 0 Å². The van der Waals surface area contributed by atoms with E-state index in [0.29, 0.717) is 4.86 Å². The highest BCUT2D eigenvalue weighted by Gasteiger charge is 2.06. The molecule has 0 amide bonds. The third-order valence-corrected chi connectivity index (χ3v) is 3.79. The number of thiocarbonyl (C=S) groups is 1. The van der Waals surface area contributed by atoms with Gasteiger partial charge in [-0.05, 0) is 49.6 Å². The van der Waals surface area contributed by atoms with E-state index >= 15 is 0 Å². The van der Waals surface area contributed by atoms with Gasteiger partial charge in [-0.15, -0.1) is 0 Å². The van der Waals surface area contributed by atoms with Crippen molar-refractivity contribution in [1.82, 2.24) is 0 Å². The van der Waals surface area contributed by atoms with Crippen molar-refractivity contribution in [2.24, 2.45) is 0 Å². The highest BCUT2D eigenvalue weighted by Crippen LogP contribution is 2.32. The molecule has 0 heterocycles. The Morgan fingerprint density at radius 1 is 1.17 bits per heavy atom. The smallest absolute Gasteiger partial charge is 0.152 e. The summed E-state index contributed by atoms with van der Waals surface area (Å²) >= 11 is 16.3. The summed E-state index contributed by atoms with van der Waals surface area (Å²) in [6.45, 7) is 6.75. The molecule has 2 nitrogen and oxygen atoms in total. The fourth-order valence-corrected chi connectivity index (χ4v) is 2.30. The highest BCUT2D eigenvalue weighted by molar-refractivity contribution is 7.80. The summed E-state index contributed by atoms with van der Waals surface area (Å²) in [6.07, 6.45) is 1.06. The predicted octanol–water partition coefficient (Wildman–Crippen LogP) is 6.22. The SMILES string of the molecule is CC(=S)c1cc(Cl)c(O)c(Cl)c1.CCCOc1ccccc1C. The Balaban J connectivity index is 0.000000231. The molecule has 23 heavy (non-hydrogen) atoms. The third-order valence-electron chi connectivity index (χ3n) is 2.98. The minimum absolute atomic E-state index is 0.0988. The number of benzene rings is 2. The molecule has 2 aromatic carbocycles.